The molecule has 0 unspecified atom stereocenters. The van der Waals surface area contributed by atoms with Gasteiger partial charge in [0.1, 0.15) is 24.4 Å². The van der Waals surface area contributed by atoms with Crippen LogP contribution < -0.4 is 0 Å². The number of aliphatic hydroxyl groups excluding tert-OH is 3. The third-order valence-corrected chi connectivity index (χ3v) is 2.42. The number of hydrogen-bond acceptors (Lipinski definition) is 6. The normalized spacial score (nSPS) is 40.3. The van der Waals surface area contributed by atoms with Gasteiger partial charge < -0.3 is 29.5 Å². The summed E-state index contributed by atoms with van der Waals surface area (Å²) < 4.78 is 15.5. The lowest BCUT2D eigenvalue weighted by atomic mass is 9.99. The number of hydrogen-bond donors (Lipinski definition) is 3. The molecule has 0 aromatic rings. The SMILES string of the molecule is COC[C@H]1O[C@@H](O)[C@H](O)[C@@H](O)[C@@H]1OC(C)C. The Morgan fingerprint density at radius 2 is 1.81 bits per heavy atom. The van der Waals surface area contributed by atoms with Crippen molar-refractivity contribution in [1.29, 1.82) is 0 Å². The first-order chi connectivity index (χ1) is 7.47. The lowest BCUT2D eigenvalue weighted by Gasteiger charge is -2.41. The Hall–Kier alpha value is -0.240. The molecule has 0 amide bonds. The minimum absolute atomic E-state index is 0.120. The molecule has 96 valence electrons. The molecule has 0 aliphatic carbocycles. The summed E-state index contributed by atoms with van der Waals surface area (Å²) in [5, 5.41) is 28.6. The molecule has 1 rings (SSSR count). The Morgan fingerprint density at radius 1 is 1.19 bits per heavy atom. The van der Waals surface area contributed by atoms with Crippen molar-refractivity contribution in [3.63, 3.8) is 0 Å². The average molecular weight is 236 g/mol. The van der Waals surface area contributed by atoms with E-state index in [4.69, 9.17) is 14.2 Å². The van der Waals surface area contributed by atoms with Crippen LogP contribution in [0.25, 0.3) is 0 Å². The van der Waals surface area contributed by atoms with E-state index in [2.05, 4.69) is 0 Å². The fourth-order valence-electron chi connectivity index (χ4n) is 1.70. The van der Waals surface area contributed by atoms with Gasteiger partial charge in [-0.3, -0.25) is 0 Å². The first-order valence-electron chi connectivity index (χ1n) is 5.31. The molecule has 1 heterocycles. The van der Waals surface area contributed by atoms with Gasteiger partial charge in [0.15, 0.2) is 6.29 Å². The van der Waals surface area contributed by atoms with Gasteiger partial charge in [0, 0.05) is 7.11 Å². The molecule has 3 N–H and O–H groups in total. The van der Waals surface area contributed by atoms with Crippen molar-refractivity contribution in [2.45, 2.75) is 50.7 Å². The predicted octanol–water partition coefficient (Wildman–Crippen LogP) is -1.13. The fraction of sp³-hybridized carbons (Fsp3) is 1.00. The minimum atomic E-state index is -1.41. The maximum absolute atomic E-state index is 9.78. The second-order valence-electron chi connectivity index (χ2n) is 4.15. The van der Waals surface area contributed by atoms with Crippen LogP contribution in [0.4, 0.5) is 0 Å². The van der Waals surface area contributed by atoms with Crippen LogP contribution in [-0.2, 0) is 14.2 Å². The Morgan fingerprint density at radius 3 is 2.31 bits per heavy atom. The molecule has 0 bridgehead atoms. The van der Waals surface area contributed by atoms with E-state index >= 15 is 0 Å². The number of ether oxygens (including phenoxy) is 3. The van der Waals surface area contributed by atoms with Gasteiger partial charge in [-0.1, -0.05) is 0 Å². The lowest BCUT2D eigenvalue weighted by Crippen LogP contribution is -2.60. The van der Waals surface area contributed by atoms with Crippen molar-refractivity contribution in [3.8, 4) is 0 Å². The maximum atomic E-state index is 9.78. The van der Waals surface area contributed by atoms with E-state index in [1.54, 1.807) is 0 Å². The first-order valence-corrected chi connectivity index (χ1v) is 5.31. The van der Waals surface area contributed by atoms with E-state index < -0.39 is 30.7 Å². The van der Waals surface area contributed by atoms with E-state index in [-0.39, 0.29) is 12.7 Å². The van der Waals surface area contributed by atoms with Gasteiger partial charge in [-0.2, -0.15) is 0 Å². The second kappa shape index (κ2) is 5.90. The van der Waals surface area contributed by atoms with E-state index in [1.165, 1.54) is 7.11 Å². The van der Waals surface area contributed by atoms with Crippen LogP contribution in [0.15, 0.2) is 0 Å². The van der Waals surface area contributed by atoms with Gasteiger partial charge in [-0.05, 0) is 13.8 Å². The van der Waals surface area contributed by atoms with Gasteiger partial charge >= 0.3 is 0 Å². The highest BCUT2D eigenvalue weighted by molar-refractivity contribution is 4.90. The van der Waals surface area contributed by atoms with Gasteiger partial charge in [0.05, 0.1) is 12.7 Å². The molecule has 0 spiro atoms. The van der Waals surface area contributed by atoms with Crippen molar-refractivity contribution in [1.82, 2.24) is 0 Å². The van der Waals surface area contributed by atoms with Crippen LogP contribution in [-0.4, -0.2) is 65.8 Å². The number of rotatable bonds is 4. The Kier molecular flexibility index (Phi) is 5.10. The van der Waals surface area contributed by atoms with Gasteiger partial charge in [-0.25, -0.2) is 0 Å². The quantitative estimate of drug-likeness (QED) is 0.572. The maximum Gasteiger partial charge on any atom is 0.184 e. The first kappa shape index (κ1) is 13.8. The molecule has 6 nitrogen and oxygen atoms in total. The third kappa shape index (κ3) is 3.13. The monoisotopic (exact) mass is 236 g/mol. The summed E-state index contributed by atoms with van der Waals surface area (Å²) in [6.07, 6.45) is -5.39. The van der Waals surface area contributed by atoms with E-state index in [9.17, 15) is 15.3 Å². The molecule has 1 saturated heterocycles. The summed E-state index contributed by atoms with van der Waals surface area (Å²) in [4.78, 5) is 0. The molecule has 6 heteroatoms. The minimum Gasteiger partial charge on any atom is -0.387 e. The molecule has 1 aliphatic heterocycles. The van der Waals surface area contributed by atoms with Gasteiger partial charge in [0.25, 0.3) is 0 Å². The van der Waals surface area contributed by atoms with Crippen LogP contribution >= 0.6 is 0 Å². The van der Waals surface area contributed by atoms with Crippen LogP contribution in [0.3, 0.4) is 0 Å². The number of aliphatic hydroxyl groups is 3. The summed E-state index contributed by atoms with van der Waals surface area (Å²) in [5.74, 6) is 0. The zero-order chi connectivity index (χ0) is 12.3. The van der Waals surface area contributed by atoms with Crippen molar-refractivity contribution in [3.05, 3.63) is 0 Å². The lowest BCUT2D eigenvalue weighted by molar-refractivity contribution is -0.299. The van der Waals surface area contributed by atoms with E-state index in [1.807, 2.05) is 13.8 Å². The molecule has 1 aliphatic rings. The second-order valence-corrected chi connectivity index (χ2v) is 4.15. The molecule has 1 fully saturated rings. The topological polar surface area (TPSA) is 88.4 Å². The summed E-state index contributed by atoms with van der Waals surface area (Å²) in [6.45, 7) is 3.81. The molecular formula is C10H20O6. The number of methoxy groups -OCH3 is 1. The van der Waals surface area contributed by atoms with Gasteiger partial charge in [-0.15, -0.1) is 0 Å². The van der Waals surface area contributed by atoms with Crippen molar-refractivity contribution in [2.24, 2.45) is 0 Å². The van der Waals surface area contributed by atoms with Crippen LogP contribution in [0.5, 0.6) is 0 Å². The highest BCUT2D eigenvalue weighted by Gasteiger charge is 2.44. The smallest absolute Gasteiger partial charge is 0.184 e. The molecule has 0 saturated carbocycles. The highest BCUT2D eigenvalue weighted by atomic mass is 16.7. The summed E-state index contributed by atoms with van der Waals surface area (Å²) in [6, 6.07) is 0. The summed E-state index contributed by atoms with van der Waals surface area (Å²) in [5.41, 5.74) is 0. The van der Waals surface area contributed by atoms with Crippen LogP contribution in [0, 0.1) is 0 Å². The van der Waals surface area contributed by atoms with Crippen molar-refractivity contribution < 1.29 is 29.5 Å². The van der Waals surface area contributed by atoms with Crippen molar-refractivity contribution >= 4 is 0 Å². The Bertz CT molecular complexity index is 209. The average Bonchev–Trinajstić information content (AvgIpc) is 2.21. The molecule has 5 atom stereocenters. The molecule has 0 aromatic heterocycles. The van der Waals surface area contributed by atoms with Crippen LogP contribution in [0.1, 0.15) is 13.8 Å². The third-order valence-electron chi connectivity index (χ3n) is 2.42. The summed E-state index contributed by atoms with van der Waals surface area (Å²) in [7, 11) is 1.49. The van der Waals surface area contributed by atoms with E-state index in [0.29, 0.717) is 0 Å². The highest BCUT2D eigenvalue weighted by Crippen LogP contribution is 2.23. The summed E-state index contributed by atoms with van der Waals surface area (Å²) >= 11 is 0. The molecular weight excluding hydrogens is 216 g/mol. The van der Waals surface area contributed by atoms with Gasteiger partial charge in [0.2, 0.25) is 0 Å². The fourth-order valence-corrected chi connectivity index (χ4v) is 1.70. The van der Waals surface area contributed by atoms with Crippen molar-refractivity contribution in [2.75, 3.05) is 13.7 Å². The largest absolute Gasteiger partial charge is 0.387 e. The molecule has 0 radical (unpaired) electrons. The van der Waals surface area contributed by atoms with Crippen LogP contribution in [0.2, 0.25) is 0 Å². The zero-order valence-corrected chi connectivity index (χ0v) is 9.74. The molecule has 0 aromatic carbocycles. The standard InChI is InChI=1S/C10H20O6/c1-5(2)15-9-6(4-14-3)16-10(13)8(12)7(9)11/h5-13H,4H2,1-3H3/t6-,7-,8-,9-,10-/m1/s1. The Labute approximate surface area is 94.7 Å². The predicted molar refractivity (Wildman–Crippen MR) is 54.8 cm³/mol. The van der Waals surface area contributed by atoms with E-state index in [0.717, 1.165) is 0 Å². The Balaban J connectivity index is 2.71. The zero-order valence-electron chi connectivity index (χ0n) is 9.74. The molecule has 16 heavy (non-hydrogen) atoms.